The molecule has 5 unspecified atom stereocenters. The van der Waals surface area contributed by atoms with Crippen molar-refractivity contribution in [2.45, 2.75) is 62.9 Å². The van der Waals surface area contributed by atoms with Crippen molar-refractivity contribution >= 4 is 34.6 Å². The fourth-order valence-corrected chi connectivity index (χ4v) is 3.77. The van der Waals surface area contributed by atoms with E-state index in [4.69, 9.17) is 11.5 Å². The van der Waals surface area contributed by atoms with E-state index < -0.39 is 60.6 Å². The third-order valence-corrected chi connectivity index (χ3v) is 5.89. The van der Waals surface area contributed by atoms with Gasteiger partial charge in [0.2, 0.25) is 17.7 Å². The number of benzene rings is 1. The number of aliphatic hydroxyl groups excluding tert-OH is 2. The molecule has 1 aromatic heterocycles. The Hall–Kier alpha value is -3.52. The molecule has 1 heterocycles. The van der Waals surface area contributed by atoms with E-state index in [1.54, 1.807) is 6.20 Å². The highest BCUT2D eigenvalue weighted by atomic mass is 16.4. The third-order valence-electron chi connectivity index (χ3n) is 5.89. The number of aliphatic carboxylic acids is 1. The average molecular weight is 521 g/mol. The Balaban J connectivity index is 2.00. The van der Waals surface area contributed by atoms with Gasteiger partial charge < -0.3 is 47.7 Å². The summed E-state index contributed by atoms with van der Waals surface area (Å²) in [4.78, 5) is 52.6. The number of fused-ring (bicyclic) bond motifs is 1. The lowest BCUT2D eigenvalue weighted by atomic mass is 10.0. The molecular weight excluding hydrogens is 484 g/mol. The molecule has 0 fully saturated rings. The predicted octanol–water partition coefficient (Wildman–Crippen LogP) is -1.92. The van der Waals surface area contributed by atoms with Crippen LogP contribution in [0.5, 0.6) is 0 Å². The number of H-pyrrole nitrogens is 1. The Labute approximate surface area is 214 Å². The second kappa shape index (κ2) is 14.3. The molecule has 204 valence electrons. The van der Waals surface area contributed by atoms with E-state index in [0.29, 0.717) is 19.4 Å². The molecule has 1 aromatic carbocycles. The summed E-state index contributed by atoms with van der Waals surface area (Å²) in [5.74, 6) is -3.86. The minimum absolute atomic E-state index is 0.116. The van der Waals surface area contributed by atoms with E-state index in [9.17, 15) is 34.5 Å². The van der Waals surface area contributed by atoms with Crippen molar-refractivity contribution in [3.8, 4) is 0 Å². The van der Waals surface area contributed by atoms with Crippen LogP contribution >= 0.6 is 0 Å². The van der Waals surface area contributed by atoms with Crippen molar-refractivity contribution in [1.29, 1.82) is 0 Å². The van der Waals surface area contributed by atoms with E-state index in [1.165, 1.54) is 6.92 Å². The van der Waals surface area contributed by atoms with Crippen LogP contribution in [-0.4, -0.2) is 87.4 Å². The Morgan fingerprint density at radius 2 is 1.68 bits per heavy atom. The molecule has 3 amide bonds. The molecule has 37 heavy (non-hydrogen) atoms. The molecule has 0 aliphatic heterocycles. The van der Waals surface area contributed by atoms with Crippen molar-refractivity contribution < 1.29 is 34.5 Å². The molecular formula is C24H36N6O7. The molecule has 13 nitrogen and oxygen atoms in total. The predicted molar refractivity (Wildman–Crippen MR) is 135 cm³/mol. The number of carboxylic acid groups (broad SMARTS) is 1. The van der Waals surface area contributed by atoms with Gasteiger partial charge >= 0.3 is 5.97 Å². The number of aromatic nitrogens is 1. The lowest BCUT2D eigenvalue weighted by Gasteiger charge is -2.25. The van der Waals surface area contributed by atoms with Crippen molar-refractivity contribution in [3.05, 3.63) is 36.0 Å². The molecule has 0 radical (unpaired) electrons. The summed E-state index contributed by atoms with van der Waals surface area (Å²) >= 11 is 0. The Morgan fingerprint density at radius 1 is 1.00 bits per heavy atom. The normalized spacial score (nSPS) is 15.3. The average Bonchev–Trinajstić information content (AvgIpc) is 3.27. The van der Waals surface area contributed by atoms with Gasteiger partial charge in [-0.25, -0.2) is 4.79 Å². The van der Waals surface area contributed by atoms with Crippen LogP contribution in [0.3, 0.4) is 0 Å². The van der Waals surface area contributed by atoms with Crippen LogP contribution < -0.4 is 27.4 Å². The van der Waals surface area contributed by atoms with Crippen molar-refractivity contribution in [1.82, 2.24) is 20.9 Å². The standard InChI is InChI=1S/C24H36N6O7/c1-13(32)20(30-21(33)16(26)10-14-11-27-17-7-3-2-6-15(14)17)23(35)29-19(12-31)22(34)28-18(24(36)37)8-4-5-9-25/h2-3,6-7,11,13,16,18-20,27,31-32H,4-5,8-10,12,25-26H2,1H3,(H,28,34)(H,29,35)(H,30,33)(H,36,37). The molecule has 2 rings (SSSR count). The highest BCUT2D eigenvalue weighted by Gasteiger charge is 2.32. The number of hydrogen-bond acceptors (Lipinski definition) is 8. The van der Waals surface area contributed by atoms with Gasteiger partial charge in [0.15, 0.2) is 0 Å². The SMILES string of the molecule is CC(O)C(NC(=O)C(N)Cc1c[nH]c2ccccc12)C(=O)NC(CO)C(=O)NC(CCCCN)C(=O)O. The van der Waals surface area contributed by atoms with Gasteiger partial charge in [-0.15, -0.1) is 0 Å². The zero-order valence-electron chi connectivity index (χ0n) is 20.6. The van der Waals surface area contributed by atoms with E-state index in [-0.39, 0.29) is 12.8 Å². The molecule has 0 bridgehead atoms. The number of unbranched alkanes of at least 4 members (excludes halogenated alkanes) is 1. The maximum Gasteiger partial charge on any atom is 0.326 e. The summed E-state index contributed by atoms with van der Waals surface area (Å²) in [6, 6.07) is 2.20. The second-order valence-corrected chi connectivity index (χ2v) is 8.82. The van der Waals surface area contributed by atoms with Crippen LogP contribution in [0.25, 0.3) is 10.9 Å². The molecule has 0 aliphatic rings. The van der Waals surface area contributed by atoms with Crippen LogP contribution in [0, 0.1) is 0 Å². The second-order valence-electron chi connectivity index (χ2n) is 8.82. The zero-order valence-corrected chi connectivity index (χ0v) is 20.6. The third kappa shape index (κ3) is 8.53. The number of aliphatic hydroxyl groups is 2. The summed E-state index contributed by atoms with van der Waals surface area (Å²) in [5, 5.41) is 36.8. The van der Waals surface area contributed by atoms with Crippen molar-refractivity contribution in [3.63, 3.8) is 0 Å². The van der Waals surface area contributed by atoms with Crippen molar-refractivity contribution in [2.75, 3.05) is 13.2 Å². The largest absolute Gasteiger partial charge is 0.480 e. The van der Waals surface area contributed by atoms with Crippen LogP contribution in [0.15, 0.2) is 30.5 Å². The number of nitrogens with two attached hydrogens (primary N) is 2. The number of hydrogen-bond donors (Lipinski definition) is 9. The van der Waals surface area contributed by atoms with Gasteiger partial charge in [-0.1, -0.05) is 18.2 Å². The van der Waals surface area contributed by atoms with Gasteiger partial charge in [0.25, 0.3) is 0 Å². The Bertz CT molecular complexity index is 1070. The summed E-state index contributed by atoms with van der Waals surface area (Å²) < 4.78 is 0. The first kappa shape index (κ1) is 29.7. The number of carbonyl (C=O) groups excluding carboxylic acids is 3. The number of para-hydroxylation sites is 1. The molecule has 0 saturated heterocycles. The highest BCUT2D eigenvalue weighted by Crippen LogP contribution is 2.18. The number of nitrogens with one attached hydrogen (secondary N) is 4. The first-order valence-electron chi connectivity index (χ1n) is 12.0. The van der Waals surface area contributed by atoms with E-state index >= 15 is 0 Å². The molecule has 13 heteroatoms. The van der Waals surface area contributed by atoms with E-state index in [1.807, 2.05) is 24.3 Å². The summed E-state index contributed by atoms with van der Waals surface area (Å²) in [6.45, 7) is 0.794. The van der Waals surface area contributed by atoms with Gasteiger partial charge in [0.1, 0.15) is 18.1 Å². The number of carboxylic acids is 1. The van der Waals surface area contributed by atoms with Crippen LogP contribution in [0.1, 0.15) is 31.7 Å². The molecule has 5 atom stereocenters. The lowest BCUT2D eigenvalue weighted by molar-refractivity contribution is -0.143. The van der Waals surface area contributed by atoms with E-state index in [0.717, 1.165) is 16.5 Å². The number of carbonyl (C=O) groups is 4. The topological polar surface area (TPSA) is 233 Å². The molecule has 0 saturated carbocycles. The Kier molecular flexibility index (Phi) is 11.5. The van der Waals surface area contributed by atoms with Gasteiger partial charge in [-0.2, -0.15) is 0 Å². The fraction of sp³-hybridized carbons (Fsp3) is 0.500. The summed E-state index contributed by atoms with van der Waals surface area (Å²) in [5.41, 5.74) is 13.1. The molecule has 11 N–H and O–H groups in total. The number of aromatic amines is 1. The van der Waals surface area contributed by atoms with Crippen molar-refractivity contribution in [2.24, 2.45) is 11.5 Å². The van der Waals surface area contributed by atoms with Gasteiger partial charge in [0, 0.05) is 17.1 Å². The summed E-state index contributed by atoms with van der Waals surface area (Å²) in [7, 11) is 0. The minimum atomic E-state index is -1.51. The van der Waals surface area contributed by atoms with Gasteiger partial charge in [-0.3, -0.25) is 14.4 Å². The fourth-order valence-electron chi connectivity index (χ4n) is 3.77. The monoisotopic (exact) mass is 520 g/mol. The minimum Gasteiger partial charge on any atom is -0.480 e. The number of rotatable bonds is 15. The van der Waals surface area contributed by atoms with Gasteiger partial charge in [0.05, 0.1) is 18.8 Å². The summed E-state index contributed by atoms with van der Waals surface area (Å²) in [6.07, 6.45) is 1.67. The maximum absolute atomic E-state index is 12.8. The number of amides is 3. The van der Waals surface area contributed by atoms with Gasteiger partial charge in [-0.05, 0) is 50.8 Å². The zero-order chi connectivity index (χ0) is 27.5. The maximum atomic E-state index is 12.8. The lowest BCUT2D eigenvalue weighted by Crippen LogP contribution is -2.60. The van der Waals surface area contributed by atoms with Crippen LogP contribution in [-0.2, 0) is 25.6 Å². The molecule has 0 aliphatic carbocycles. The Morgan fingerprint density at radius 3 is 2.30 bits per heavy atom. The van der Waals surface area contributed by atoms with Crippen LogP contribution in [0.4, 0.5) is 0 Å². The highest BCUT2D eigenvalue weighted by molar-refractivity contribution is 5.94. The van der Waals surface area contributed by atoms with E-state index in [2.05, 4.69) is 20.9 Å². The molecule has 2 aromatic rings. The first-order chi connectivity index (χ1) is 17.6. The smallest absolute Gasteiger partial charge is 0.326 e. The quantitative estimate of drug-likeness (QED) is 0.119. The van der Waals surface area contributed by atoms with Crippen LogP contribution in [0.2, 0.25) is 0 Å². The first-order valence-corrected chi connectivity index (χ1v) is 12.0. The molecule has 0 spiro atoms.